The van der Waals surface area contributed by atoms with E-state index in [2.05, 4.69) is 10.1 Å². The summed E-state index contributed by atoms with van der Waals surface area (Å²) in [5, 5.41) is 2.75. The minimum Gasteiger partial charge on any atom is -0.466 e. The molecule has 5 nitrogen and oxygen atoms in total. The Labute approximate surface area is 109 Å². The van der Waals surface area contributed by atoms with E-state index in [1.807, 2.05) is 31.7 Å². The average molecular weight is 256 g/mol. The number of hydrogen-bond donors (Lipinski definition) is 1. The van der Waals surface area contributed by atoms with Crippen molar-refractivity contribution in [1.82, 2.24) is 10.2 Å². The maximum Gasteiger partial charge on any atom is 0.333 e. The molecule has 0 aromatic rings. The van der Waals surface area contributed by atoms with Crippen LogP contribution >= 0.6 is 0 Å². The van der Waals surface area contributed by atoms with Gasteiger partial charge in [0.25, 0.3) is 0 Å². The van der Waals surface area contributed by atoms with Gasteiger partial charge in [-0.1, -0.05) is 19.9 Å². The van der Waals surface area contributed by atoms with Crippen LogP contribution < -0.4 is 5.32 Å². The summed E-state index contributed by atoms with van der Waals surface area (Å²) in [7, 11) is 1.37. The molecule has 0 spiro atoms. The second kappa shape index (κ2) is 9.65. The van der Waals surface area contributed by atoms with E-state index in [1.54, 1.807) is 0 Å². The lowest BCUT2D eigenvalue weighted by Gasteiger charge is -2.18. The maximum atomic E-state index is 11.5. The number of carbonyl (C=O) groups excluding carboxylic acids is 2. The lowest BCUT2D eigenvalue weighted by molar-refractivity contribution is -0.136. The van der Waals surface area contributed by atoms with Gasteiger partial charge >= 0.3 is 5.97 Å². The van der Waals surface area contributed by atoms with Crippen molar-refractivity contribution >= 4 is 11.9 Å². The van der Waals surface area contributed by atoms with Crippen LogP contribution in [0.25, 0.3) is 0 Å². The molecule has 0 atom stereocenters. The number of nitrogens with one attached hydrogen (secondary N) is 1. The molecule has 0 radical (unpaired) electrons. The molecular weight excluding hydrogens is 232 g/mol. The molecule has 0 aliphatic rings. The highest BCUT2D eigenvalue weighted by Gasteiger charge is 2.10. The largest absolute Gasteiger partial charge is 0.466 e. The molecule has 0 bridgehead atoms. The summed E-state index contributed by atoms with van der Waals surface area (Å²) in [4.78, 5) is 24.8. The van der Waals surface area contributed by atoms with Gasteiger partial charge in [0.2, 0.25) is 5.91 Å². The highest BCUT2D eigenvalue weighted by Crippen LogP contribution is 2.03. The molecular formula is C13H24N2O3. The molecule has 0 aromatic carbocycles. The van der Waals surface area contributed by atoms with E-state index in [0.29, 0.717) is 31.6 Å². The van der Waals surface area contributed by atoms with Gasteiger partial charge in [-0.15, -0.1) is 0 Å². The van der Waals surface area contributed by atoms with Gasteiger partial charge in [0.15, 0.2) is 0 Å². The zero-order chi connectivity index (χ0) is 14.0. The van der Waals surface area contributed by atoms with Gasteiger partial charge in [-0.05, 0) is 19.9 Å². The van der Waals surface area contributed by atoms with Gasteiger partial charge in [0, 0.05) is 18.7 Å². The standard InChI is InChI=1S/C13H24N2O3/c1-5-11(13(17)18-4)8-9-15(7-3)10-12(16)14-6-2/h8H,5-7,9-10H2,1-4H3,(H,14,16). The first-order chi connectivity index (χ1) is 8.58. The lowest BCUT2D eigenvalue weighted by atomic mass is 10.2. The van der Waals surface area contributed by atoms with E-state index in [0.717, 1.165) is 6.54 Å². The number of rotatable bonds is 8. The third-order valence-corrected chi connectivity index (χ3v) is 2.61. The third-order valence-electron chi connectivity index (χ3n) is 2.61. The Balaban J connectivity index is 4.39. The van der Waals surface area contributed by atoms with Crippen molar-refractivity contribution in [3.05, 3.63) is 11.6 Å². The smallest absolute Gasteiger partial charge is 0.333 e. The Morgan fingerprint density at radius 3 is 2.39 bits per heavy atom. The molecule has 0 saturated carbocycles. The summed E-state index contributed by atoms with van der Waals surface area (Å²) in [6, 6.07) is 0. The van der Waals surface area contributed by atoms with Crippen LogP contribution in [0.15, 0.2) is 11.6 Å². The summed E-state index contributed by atoms with van der Waals surface area (Å²) < 4.78 is 4.68. The minimum atomic E-state index is -0.299. The molecule has 5 heteroatoms. The van der Waals surface area contributed by atoms with Crippen LogP contribution in [0.3, 0.4) is 0 Å². The molecule has 18 heavy (non-hydrogen) atoms. The third kappa shape index (κ3) is 6.39. The molecule has 0 fully saturated rings. The first kappa shape index (κ1) is 16.6. The number of hydrogen-bond acceptors (Lipinski definition) is 4. The van der Waals surface area contributed by atoms with Crippen molar-refractivity contribution in [1.29, 1.82) is 0 Å². The van der Waals surface area contributed by atoms with Crippen LogP contribution in [0.1, 0.15) is 27.2 Å². The molecule has 0 aliphatic heterocycles. The van der Waals surface area contributed by atoms with Crippen molar-refractivity contribution in [2.24, 2.45) is 0 Å². The fourth-order valence-corrected chi connectivity index (χ4v) is 1.50. The zero-order valence-corrected chi connectivity index (χ0v) is 11.8. The Hall–Kier alpha value is -1.36. The molecule has 0 unspecified atom stereocenters. The number of ether oxygens (including phenoxy) is 1. The highest BCUT2D eigenvalue weighted by atomic mass is 16.5. The van der Waals surface area contributed by atoms with Crippen LogP contribution in [0.4, 0.5) is 0 Å². The fraction of sp³-hybridized carbons (Fsp3) is 0.692. The van der Waals surface area contributed by atoms with E-state index in [1.165, 1.54) is 7.11 Å². The number of likely N-dealkylation sites (N-methyl/N-ethyl adjacent to an activating group) is 2. The van der Waals surface area contributed by atoms with Crippen LogP contribution in [0.2, 0.25) is 0 Å². The number of esters is 1. The van der Waals surface area contributed by atoms with Gasteiger partial charge < -0.3 is 10.1 Å². The molecule has 0 aromatic heterocycles. The number of carbonyl (C=O) groups is 2. The van der Waals surface area contributed by atoms with E-state index < -0.39 is 0 Å². The Bertz CT molecular complexity index is 301. The number of amides is 1. The summed E-state index contributed by atoms with van der Waals surface area (Å²) in [6.45, 7) is 8.09. The number of nitrogens with zero attached hydrogens (tertiary/aromatic N) is 1. The minimum absolute atomic E-state index is 0.00358. The average Bonchev–Trinajstić information content (AvgIpc) is 2.37. The van der Waals surface area contributed by atoms with Crippen molar-refractivity contribution in [2.45, 2.75) is 27.2 Å². The van der Waals surface area contributed by atoms with Gasteiger partial charge in [-0.3, -0.25) is 9.69 Å². The Morgan fingerprint density at radius 1 is 1.28 bits per heavy atom. The van der Waals surface area contributed by atoms with Gasteiger partial charge in [0.1, 0.15) is 0 Å². The normalized spacial score (nSPS) is 11.5. The number of methoxy groups -OCH3 is 1. The van der Waals surface area contributed by atoms with Crippen LogP contribution in [0, 0.1) is 0 Å². The van der Waals surface area contributed by atoms with Crippen LogP contribution in [0.5, 0.6) is 0 Å². The second-order valence-corrected chi connectivity index (χ2v) is 3.86. The molecule has 1 N–H and O–H groups in total. The van der Waals surface area contributed by atoms with E-state index in [4.69, 9.17) is 0 Å². The molecule has 0 rings (SSSR count). The molecule has 0 heterocycles. The topological polar surface area (TPSA) is 58.6 Å². The fourth-order valence-electron chi connectivity index (χ4n) is 1.50. The summed E-state index contributed by atoms with van der Waals surface area (Å²) in [5.41, 5.74) is 0.645. The predicted molar refractivity (Wildman–Crippen MR) is 71.2 cm³/mol. The first-order valence-corrected chi connectivity index (χ1v) is 6.35. The monoisotopic (exact) mass is 256 g/mol. The van der Waals surface area contributed by atoms with Crippen molar-refractivity contribution in [3.63, 3.8) is 0 Å². The first-order valence-electron chi connectivity index (χ1n) is 6.35. The molecule has 1 amide bonds. The molecule has 0 saturated heterocycles. The lowest BCUT2D eigenvalue weighted by Crippen LogP contribution is -2.37. The summed E-state index contributed by atoms with van der Waals surface area (Å²) in [6.07, 6.45) is 2.46. The summed E-state index contributed by atoms with van der Waals surface area (Å²) >= 11 is 0. The Kier molecular flexibility index (Phi) is 8.92. The van der Waals surface area contributed by atoms with Crippen LogP contribution in [-0.4, -0.2) is 50.1 Å². The second-order valence-electron chi connectivity index (χ2n) is 3.86. The molecule has 0 aliphatic carbocycles. The molecule has 104 valence electrons. The van der Waals surface area contributed by atoms with Gasteiger partial charge in [-0.25, -0.2) is 4.79 Å². The quantitative estimate of drug-likeness (QED) is 0.519. The van der Waals surface area contributed by atoms with Crippen molar-refractivity contribution in [3.8, 4) is 0 Å². The highest BCUT2D eigenvalue weighted by molar-refractivity contribution is 5.88. The van der Waals surface area contributed by atoms with Gasteiger partial charge in [0.05, 0.1) is 13.7 Å². The van der Waals surface area contributed by atoms with E-state index >= 15 is 0 Å². The Morgan fingerprint density at radius 2 is 1.94 bits per heavy atom. The summed E-state index contributed by atoms with van der Waals surface area (Å²) in [5.74, 6) is -0.296. The van der Waals surface area contributed by atoms with Gasteiger partial charge in [-0.2, -0.15) is 0 Å². The van der Waals surface area contributed by atoms with E-state index in [-0.39, 0.29) is 11.9 Å². The van der Waals surface area contributed by atoms with Crippen LogP contribution in [-0.2, 0) is 14.3 Å². The maximum absolute atomic E-state index is 11.5. The zero-order valence-electron chi connectivity index (χ0n) is 11.8. The van der Waals surface area contributed by atoms with E-state index in [9.17, 15) is 9.59 Å². The van der Waals surface area contributed by atoms with Crippen molar-refractivity contribution in [2.75, 3.05) is 33.3 Å². The predicted octanol–water partition coefficient (Wildman–Crippen LogP) is 0.954. The van der Waals surface area contributed by atoms with Crippen molar-refractivity contribution < 1.29 is 14.3 Å². The SMILES string of the molecule is CCNC(=O)CN(CC)CC=C(CC)C(=O)OC.